The highest BCUT2D eigenvalue weighted by atomic mass is 79.9. The van der Waals surface area contributed by atoms with E-state index in [1.807, 2.05) is 6.07 Å². The molecular formula is C8H5BrFNS. The molecule has 0 atom stereocenters. The number of nitrogens with two attached hydrogens (primary N) is 1. The summed E-state index contributed by atoms with van der Waals surface area (Å²) in [5.74, 6) is -0.325. The van der Waals surface area contributed by atoms with Crippen molar-refractivity contribution >= 4 is 43.0 Å². The van der Waals surface area contributed by atoms with Crippen molar-refractivity contribution in [3.05, 3.63) is 27.8 Å². The summed E-state index contributed by atoms with van der Waals surface area (Å²) in [7, 11) is 0. The molecule has 1 nitrogen and oxygen atoms in total. The van der Waals surface area contributed by atoms with Crippen molar-refractivity contribution in [2.75, 3.05) is 5.73 Å². The Morgan fingerprint density at radius 3 is 2.92 bits per heavy atom. The molecule has 1 heterocycles. The highest BCUT2D eigenvalue weighted by Gasteiger charge is 2.06. The zero-order chi connectivity index (χ0) is 8.72. The van der Waals surface area contributed by atoms with Crippen molar-refractivity contribution in [1.29, 1.82) is 0 Å². The van der Waals surface area contributed by atoms with Crippen molar-refractivity contribution in [2.45, 2.75) is 0 Å². The van der Waals surface area contributed by atoms with Gasteiger partial charge in [0, 0.05) is 10.1 Å². The molecule has 2 N–H and O–H groups in total. The van der Waals surface area contributed by atoms with Crippen molar-refractivity contribution in [3.8, 4) is 0 Å². The van der Waals surface area contributed by atoms with E-state index in [2.05, 4.69) is 15.9 Å². The van der Waals surface area contributed by atoms with Crippen LogP contribution in [0, 0.1) is 5.82 Å². The Morgan fingerprint density at radius 1 is 1.42 bits per heavy atom. The van der Waals surface area contributed by atoms with Gasteiger partial charge in [-0.3, -0.25) is 0 Å². The number of hydrogen-bond acceptors (Lipinski definition) is 2. The number of anilines is 1. The summed E-state index contributed by atoms with van der Waals surface area (Å²) in [6.45, 7) is 0. The Kier molecular flexibility index (Phi) is 1.81. The monoisotopic (exact) mass is 245 g/mol. The van der Waals surface area contributed by atoms with Crippen molar-refractivity contribution in [1.82, 2.24) is 0 Å². The van der Waals surface area contributed by atoms with E-state index in [0.717, 1.165) is 8.49 Å². The summed E-state index contributed by atoms with van der Waals surface area (Å²) in [4.78, 5) is 0. The predicted molar refractivity (Wildman–Crippen MR) is 53.9 cm³/mol. The highest BCUT2D eigenvalue weighted by molar-refractivity contribution is 9.11. The summed E-state index contributed by atoms with van der Waals surface area (Å²) in [5.41, 5.74) is 5.61. The van der Waals surface area contributed by atoms with Gasteiger partial charge in [-0.2, -0.15) is 0 Å². The fraction of sp³-hybridized carbons (Fsp3) is 0. The average molecular weight is 246 g/mol. The molecule has 2 rings (SSSR count). The van der Waals surface area contributed by atoms with Crippen LogP contribution in [-0.4, -0.2) is 0 Å². The summed E-state index contributed by atoms with van der Waals surface area (Å²) in [6, 6.07) is 5.15. The van der Waals surface area contributed by atoms with Gasteiger partial charge in [0.05, 0.1) is 9.47 Å². The van der Waals surface area contributed by atoms with Crippen molar-refractivity contribution in [3.63, 3.8) is 0 Å². The number of hydrogen-bond donors (Lipinski definition) is 1. The second-order valence-corrected chi connectivity index (χ2v) is 4.89. The topological polar surface area (TPSA) is 26.0 Å². The van der Waals surface area contributed by atoms with Crippen molar-refractivity contribution < 1.29 is 4.39 Å². The summed E-state index contributed by atoms with van der Waals surface area (Å²) in [5, 5.41) is 0.590. The second-order valence-electron chi connectivity index (χ2n) is 2.43. The van der Waals surface area contributed by atoms with E-state index in [4.69, 9.17) is 5.73 Å². The molecule has 1 aromatic heterocycles. The molecule has 0 saturated heterocycles. The molecule has 0 unspecified atom stereocenters. The lowest BCUT2D eigenvalue weighted by Crippen LogP contribution is -1.88. The van der Waals surface area contributed by atoms with Gasteiger partial charge < -0.3 is 5.73 Å². The minimum atomic E-state index is -0.325. The van der Waals surface area contributed by atoms with Crippen LogP contribution in [0.3, 0.4) is 0 Å². The molecule has 0 bridgehead atoms. The largest absolute Gasteiger partial charge is 0.396 e. The second kappa shape index (κ2) is 2.71. The molecule has 0 fully saturated rings. The Morgan fingerprint density at radius 2 is 2.17 bits per heavy atom. The van der Waals surface area contributed by atoms with Gasteiger partial charge in [0.15, 0.2) is 5.82 Å². The van der Waals surface area contributed by atoms with E-state index in [9.17, 15) is 4.39 Å². The third kappa shape index (κ3) is 1.11. The third-order valence-corrected chi connectivity index (χ3v) is 3.24. The zero-order valence-electron chi connectivity index (χ0n) is 5.97. The van der Waals surface area contributed by atoms with Crippen LogP contribution < -0.4 is 5.73 Å². The first-order chi connectivity index (χ1) is 5.68. The molecular weight excluding hydrogens is 241 g/mol. The van der Waals surface area contributed by atoms with Crippen LogP contribution in [0.25, 0.3) is 10.1 Å². The highest BCUT2D eigenvalue weighted by Crippen LogP contribution is 2.33. The van der Waals surface area contributed by atoms with E-state index in [-0.39, 0.29) is 11.5 Å². The number of fused-ring (bicyclic) bond motifs is 1. The van der Waals surface area contributed by atoms with Crippen molar-refractivity contribution in [2.24, 2.45) is 0 Å². The first-order valence-electron chi connectivity index (χ1n) is 3.31. The van der Waals surface area contributed by atoms with Crippen LogP contribution in [0.4, 0.5) is 10.1 Å². The molecule has 4 heteroatoms. The number of halogens is 2. The molecule has 0 aliphatic carbocycles. The first kappa shape index (κ1) is 8.01. The molecule has 2 aromatic rings. The van der Waals surface area contributed by atoms with E-state index in [1.54, 1.807) is 12.1 Å². The normalized spacial score (nSPS) is 10.8. The van der Waals surface area contributed by atoms with Gasteiger partial charge in [0.2, 0.25) is 0 Å². The lowest BCUT2D eigenvalue weighted by Gasteiger charge is -1.95. The Hall–Kier alpha value is -0.610. The van der Waals surface area contributed by atoms with Crippen LogP contribution in [0.1, 0.15) is 0 Å². The lowest BCUT2D eigenvalue weighted by molar-refractivity contribution is 0.644. The fourth-order valence-electron chi connectivity index (χ4n) is 1.06. The van der Waals surface area contributed by atoms with Gasteiger partial charge in [0.25, 0.3) is 0 Å². The van der Waals surface area contributed by atoms with E-state index in [0.29, 0.717) is 5.39 Å². The fourth-order valence-corrected chi connectivity index (χ4v) is 2.60. The van der Waals surface area contributed by atoms with Gasteiger partial charge in [0.1, 0.15) is 0 Å². The van der Waals surface area contributed by atoms with Crippen LogP contribution >= 0.6 is 27.3 Å². The van der Waals surface area contributed by atoms with Crippen LogP contribution in [0.15, 0.2) is 22.0 Å². The Balaban J connectivity index is 2.89. The molecule has 0 saturated carbocycles. The zero-order valence-corrected chi connectivity index (χ0v) is 8.38. The molecule has 0 aliphatic heterocycles. The lowest BCUT2D eigenvalue weighted by atomic mass is 10.2. The minimum absolute atomic E-state index is 0.202. The van der Waals surface area contributed by atoms with E-state index < -0.39 is 0 Å². The smallest absolute Gasteiger partial charge is 0.154 e. The van der Waals surface area contributed by atoms with Gasteiger partial charge in [-0.1, -0.05) is 0 Å². The molecule has 0 spiro atoms. The first-order valence-corrected chi connectivity index (χ1v) is 4.92. The maximum Gasteiger partial charge on any atom is 0.154 e. The van der Waals surface area contributed by atoms with Crippen LogP contribution in [0.2, 0.25) is 0 Å². The van der Waals surface area contributed by atoms with E-state index in [1.165, 1.54) is 11.3 Å². The van der Waals surface area contributed by atoms with E-state index >= 15 is 0 Å². The number of rotatable bonds is 0. The molecule has 0 amide bonds. The quantitative estimate of drug-likeness (QED) is 0.708. The summed E-state index contributed by atoms with van der Waals surface area (Å²) in [6.07, 6.45) is 0. The third-order valence-electron chi connectivity index (χ3n) is 1.63. The molecule has 0 aliphatic rings. The maximum absolute atomic E-state index is 13.3. The average Bonchev–Trinajstić information content (AvgIpc) is 2.39. The Labute approximate surface area is 81.1 Å². The molecule has 0 radical (unpaired) electrons. The van der Waals surface area contributed by atoms with Crippen LogP contribution in [0.5, 0.6) is 0 Å². The maximum atomic E-state index is 13.3. The van der Waals surface area contributed by atoms with Gasteiger partial charge >= 0.3 is 0 Å². The number of nitrogen functional groups attached to an aromatic ring is 1. The molecule has 62 valence electrons. The number of thiophene rings is 1. The Bertz CT molecular complexity index is 438. The summed E-state index contributed by atoms with van der Waals surface area (Å²) >= 11 is 4.79. The number of benzene rings is 1. The van der Waals surface area contributed by atoms with Crippen LogP contribution in [-0.2, 0) is 0 Å². The van der Waals surface area contributed by atoms with Gasteiger partial charge in [-0.05, 0) is 34.1 Å². The summed E-state index contributed by atoms with van der Waals surface area (Å²) < 4.78 is 15.1. The SMILES string of the molecule is Nc1ccc2sc(Br)cc2c1F. The standard InChI is InChI=1S/C8H5BrFNS/c9-7-3-4-6(12-7)2-1-5(11)8(4)10/h1-3H,11H2. The van der Waals surface area contributed by atoms with Gasteiger partial charge in [-0.15, -0.1) is 11.3 Å². The predicted octanol–water partition coefficient (Wildman–Crippen LogP) is 3.39. The molecule has 12 heavy (non-hydrogen) atoms. The van der Waals surface area contributed by atoms with Gasteiger partial charge in [-0.25, -0.2) is 4.39 Å². The molecule has 1 aromatic carbocycles. The minimum Gasteiger partial charge on any atom is -0.396 e.